The number of unbranched alkanes of at least 4 members (excludes halogenated alkanes) is 3. The molecule has 100 valence electrons. The van der Waals surface area contributed by atoms with Gasteiger partial charge in [-0.1, -0.05) is 47.0 Å². The molecule has 0 rings (SSSR count). The first-order chi connectivity index (χ1) is 7.88. The molecule has 0 saturated carbocycles. The fourth-order valence-electron chi connectivity index (χ4n) is 1.27. The molecule has 0 atom stereocenters. The summed E-state index contributed by atoms with van der Waals surface area (Å²) in [6, 6.07) is 0. The molecule has 0 aliphatic carbocycles. The minimum absolute atomic E-state index is 0.0733. The molecule has 0 radical (unpaired) electrons. The van der Waals surface area contributed by atoms with Crippen LogP contribution in [-0.2, 0) is 9.59 Å². The molecule has 0 aromatic rings. The Morgan fingerprint density at radius 2 is 1.65 bits per heavy atom. The smallest absolute Gasteiger partial charge is 0.239 e. The van der Waals surface area contributed by atoms with Crippen LogP contribution in [-0.4, -0.2) is 24.9 Å². The average molecular weight is 242 g/mol. The monoisotopic (exact) mass is 242 g/mol. The highest BCUT2D eigenvalue weighted by atomic mass is 16.2. The van der Waals surface area contributed by atoms with Crippen LogP contribution in [0.25, 0.3) is 0 Å². The Bertz CT molecular complexity index is 244. The molecule has 2 amide bonds. The molecule has 0 heterocycles. The Labute approximate surface area is 105 Å². The second-order valence-corrected chi connectivity index (χ2v) is 5.34. The Kier molecular flexibility index (Phi) is 7.59. The van der Waals surface area contributed by atoms with Crippen LogP contribution >= 0.6 is 0 Å². The molecular weight excluding hydrogens is 216 g/mol. The van der Waals surface area contributed by atoms with E-state index in [9.17, 15) is 9.59 Å². The molecule has 0 aliphatic heterocycles. The van der Waals surface area contributed by atoms with Crippen molar-refractivity contribution < 1.29 is 9.59 Å². The number of nitrogens with one attached hydrogen (secondary N) is 2. The molecule has 0 aromatic heterocycles. The summed E-state index contributed by atoms with van der Waals surface area (Å²) in [5.74, 6) is -0.210. The van der Waals surface area contributed by atoms with Gasteiger partial charge in [0, 0.05) is 12.0 Å². The van der Waals surface area contributed by atoms with Crippen LogP contribution in [0, 0.1) is 5.41 Å². The van der Waals surface area contributed by atoms with Crippen molar-refractivity contribution >= 4 is 11.8 Å². The lowest BCUT2D eigenvalue weighted by Crippen LogP contribution is -2.41. The molecular formula is C13H26N2O2. The van der Waals surface area contributed by atoms with Crippen molar-refractivity contribution in [3.05, 3.63) is 0 Å². The first kappa shape index (κ1) is 15.9. The third-order valence-electron chi connectivity index (χ3n) is 2.44. The first-order valence-electron chi connectivity index (χ1n) is 6.43. The highest BCUT2D eigenvalue weighted by Crippen LogP contribution is 2.11. The van der Waals surface area contributed by atoms with Gasteiger partial charge in [-0.15, -0.1) is 0 Å². The Hall–Kier alpha value is -1.06. The van der Waals surface area contributed by atoms with Crippen LogP contribution in [0.1, 0.15) is 53.4 Å². The van der Waals surface area contributed by atoms with Crippen molar-refractivity contribution in [1.29, 1.82) is 0 Å². The highest BCUT2D eigenvalue weighted by molar-refractivity contribution is 5.87. The largest absolute Gasteiger partial charge is 0.355 e. The summed E-state index contributed by atoms with van der Waals surface area (Å²) in [5.41, 5.74) is -0.443. The van der Waals surface area contributed by atoms with Gasteiger partial charge < -0.3 is 10.6 Å². The van der Waals surface area contributed by atoms with E-state index in [1.54, 1.807) is 0 Å². The number of hydrogen-bond donors (Lipinski definition) is 2. The lowest BCUT2D eigenvalue weighted by molar-refractivity contribution is -0.131. The van der Waals surface area contributed by atoms with Gasteiger partial charge in [0.05, 0.1) is 6.54 Å². The summed E-state index contributed by atoms with van der Waals surface area (Å²) in [6.07, 6.45) is 4.55. The summed E-state index contributed by atoms with van der Waals surface area (Å²) >= 11 is 0. The van der Waals surface area contributed by atoms with Crippen molar-refractivity contribution in [2.75, 3.05) is 13.1 Å². The van der Waals surface area contributed by atoms with Gasteiger partial charge in [0.2, 0.25) is 11.8 Å². The van der Waals surface area contributed by atoms with Crippen LogP contribution in [0.4, 0.5) is 0 Å². The maximum absolute atomic E-state index is 11.5. The number of amides is 2. The van der Waals surface area contributed by atoms with E-state index in [0.717, 1.165) is 12.8 Å². The fraction of sp³-hybridized carbons (Fsp3) is 0.846. The quantitative estimate of drug-likeness (QED) is 0.669. The molecule has 17 heavy (non-hydrogen) atoms. The maximum Gasteiger partial charge on any atom is 0.239 e. The summed E-state index contributed by atoms with van der Waals surface area (Å²) < 4.78 is 0. The molecule has 0 spiro atoms. The topological polar surface area (TPSA) is 58.2 Å². The van der Waals surface area contributed by atoms with Crippen LogP contribution < -0.4 is 10.6 Å². The van der Waals surface area contributed by atoms with Crippen molar-refractivity contribution in [3.8, 4) is 0 Å². The fourth-order valence-corrected chi connectivity index (χ4v) is 1.27. The molecule has 0 fully saturated rings. The minimum atomic E-state index is -0.443. The molecule has 4 heteroatoms. The Balaban J connectivity index is 3.57. The lowest BCUT2D eigenvalue weighted by Gasteiger charge is -2.17. The van der Waals surface area contributed by atoms with Gasteiger partial charge in [0.15, 0.2) is 0 Å². The molecule has 2 N–H and O–H groups in total. The van der Waals surface area contributed by atoms with Gasteiger partial charge >= 0.3 is 0 Å². The normalized spacial score (nSPS) is 11.1. The molecule has 0 unspecified atom stereocenters. The summed E-state index contributed by atoms with van der Waals surface area (Å²) in [5, 5.41) is 5.42. The number of carbonyl (C=O) groups excluding carboxylic acids is 2. The van der Waals surface area contributed by atoms with Gasteiger partial charge in [-0.3, -0.25) is 9.59 Å². The molecule has 0 aliphatic rings. The van der Waals surface area contributed by atoms with Crippen molar-refractivity contribution in [1.82, 2.24) is 10.6 Å². The first-order valence-corrected chi connectivity index (χ1v) is 6.43. The van der Waals surface area contributed by atoms with E-state index >= 15 is 0 Å². The van der Waals surface area contributed by atoms with Crippen LogP contribution in [0.5, 0.6) is 0 Å². The second-order valence-electron chi connectivity index (χ2n) is 5.34. The number of rotatable bonds is 7. The number of hydrogen-bond acceptors (Lipinski definition) is 2. The van der Waals surface area contributed by atoms with E-state index in [0.29, 0.717) is 6.54 Å². The van der Waals surface area contributed by atoms with E-state index in [2.05, 4.69) is 17.6 Å². The standard InChI is InChI=1S/C13H26N2O2/c1-5-6-7-8-9-14-11(16)10-15-12(17)13(2,3)4/h5-10H2,1-4H3,(H,14,16)(H,15,17). The van der Waals surface area contributed by atoms with E-state index < -0.39 is 5.41 Å². The molecule has 0 bridgehead atoms. The van der Waals surface area contributed by atoms with Gasteiger partial charge in [-0.2, -0.15) is 0 Å². The van der Waals surface area contributed by atoms with E-state index in [1.807, 2.05) is 20.8 Å². The molecule has 0 saturated heterocycles. The molecule has 4 nitrogen and oxygen atoms in total. The number of carbonyl (C=O) groups is 2. The predicted octanol–water partition coefficient (Wildman–Crippen LogP) is 1.85. The van der Waals surface area contributed by atoms with E-state index in [1.165, 1.54) is 12.8 Å². The Morgan fingerprint density at radius 3 is 2.18 bits per heavy atom. The zero-order valence-corrected chi connectivity index (χ0v) is 11.6. The molecule has 0 aromatic carbocycles. The third-order valence-corrected chi connectivity index (χ3v) is 2.44. The van der Waals surface area contributed by atoms with Crippen molar-refractivity contribution in [3.63, 3.8) is 0 Å². The van der Waals surface area contributed by atoms with Gasteiger partial charge in [0.1, 0.15) is 0 Å². The van der Waals surface area contributed by atoms with Gasteiger partial charge in [0.25, 0.3) is 0 Å². The van der Waals surface area contributed by atoms with Crippen LogP contribution in [0.2, 0.25) is 0 Å². The maximum atomic E-state index is 11.5. The zero-order chi connectivity index (χ0) is 13.3. The minimum Gasteiger partial charge on any atom is -0.355 e. The van der Waals surface area contributed by atoms with Gasteiger partial charge in [-0.05, 0) is 6.42 Å². The zero-order valence-electron chi connectivity index (χ0n) is 11.6. The van der Waals surface area contributed by atoms with Crippen LogP contribution in [0.15, 0.2) is 0 Å². The van der Waals surface area contributed by atoms with Crippen LogP contribution in [0.3, 0.4) is 0 Å². The van der Waals surface area contributed by atoms with E-state index in [-0.39, 0.29) is 18.4 Å². The van der Waals surface area contributed by atoms with Gasteiger partial charge in [-0.25, -0.2) is 0 Å². The van der Waals surface area contributed by atoms with E-state index in [4.69, 9.17) is 0 Å². The SMILES string of the molecule is CCCCCCNC(=O)CNC(=O)C(C)(C)C. The van der Waals surface area contributed by atoms with Crippen molar-refractivity contribution in [2.24, 2.45) is 5.41 Å². The van der Waals surface area contributed by atoms with Crippen molar-refractivity contribution in [2.45, 2.75) is 53.4 Å². The lowest BCUT2D eigenvalue weighted by atomic mass is 9.96. The highest BCUT2D eigenvalue weighted by Gasteiger charge is 2.21. The predicted molar refractivity (Wildman–Crippen MR) is 69.6 cm³/mol. The summed E-state index contributed by atoms with van der Waals surface area (Å²) in [4.78, 5) is 22.9. The summed E-state index contributed by atoms with van der Waals surface area (Å²) in [7, 11) is 0. The average Bonchev–Trinajstić information content (AvgIpc) is 2.24. The Morgan fingerprint density at radius 1 is 1.00 bits per heavy atom. The summed E-state index contributed by atoms with van der Waals surface area (Å²) in [6.45, 7) is 8.40. The second kappa shape index (κ2) is 8.09. The third kappa shape index (κ3) is 8.72.